The van der Waals surface area contributed by atoms with Crippen LogP contribution in [-0.2, 0) is 41.7 Å². The summed E-state index contributed by atoms with van der Waals surface area (Å²) in [7, 11) is 3.68. The number of aliphatic carboxylic acids is 2. The summed E-state index contributed by atoms with van der Waals surface area (Å²) in [5.41, 5.74) is 27.8. The maximum absolute atomic E-state index is 13.1. The molecular weight excluding hydrogens is 1110 g/mol. The number of benzene rings is 2. The molecule has 0 aliphatic rings. The molecule has 0 unspecified atom stereocenters. The van der Waals surface area contributed by atoms with E-state index in [2.05, 4.69) is 66.0 Å². The van der Waals surface area contributed by atoms with Gasteiger partial charge in [-0.2, -0.15) is 9.97 Å². The number of carboxylic acid groups (broad SMARTS) is 2. The van der Waals surface area contributed by atoms with Crippen LogP contribution in [0.25, 0.3) is 22.3 Å². The lowest BCUT2D eigenvalue weighted by molar-refractivity contribution is -0.140. The molecule has 6 rings (SSSR count). The van der Waals surface area contributed by atoms with E-state index in [1.165, 1.54) is 0 Å². The van der Waals surface area contributed by atoms with Crippen LogP contribution < -0.4 is 54.0 Å². The second-order valence-corrected chi connectivity index (χ2v) is 20.5. The van der Waals surface area contributed by atoms with Crippen LogP contribution in [0.5, 0.6) is 0 Å². The molecule has 6 aromatic rings. The maximum atomic E-state index is 13.1. The first-order chi connectivity index (χ1) is 41.4. The minimum absolute atomic E-state index is 0.000842. The first-order valence-corrected chi connectivity index (χ1v) is 28.5. The molecule has 29 heteroatoms. The van der Waals surface area contributed by atoms with Gasteiger partial charge in [-0.25, -0.2) is 39.5 Å². The summed E-state index contributed by atoms with van der Waals surface area (Å²) in [5.74, 6) is -3.46. The Morgan fingerprint density at radius 1 is 0.558 bits per heavy atom. The van der Waals surface area contributed by atoms with E-state index < -0.39 is 35.8 Å². The summed E-state index contributed by atoms with van der Waals surface area (Å²) >= 11 is 0. The summed E-state index contributed by atoms with van der Waals surface area (Å²) < 4.78 is 11.2. The molecule has 0 fully saturated rings. The van der Waals surface area contributed by atoms with Crippen LogP contribution in [0.4, 0.5) is 29.0 Å². The minimum atomic E-state index is -1.28. The van der Waals surface area contributed by atoms with Crippen LogP contribution in [0.2, 0.25) is 0 Å². The van der Waals surface area contributed by atoms with E-state index in [1.807, 2.05) is 23.9 Å². The van der Waals surface area contributed by atoms with E-state index in [4.69, 9.17) is 32.4 Å². The highest BCUT2D eigenvalue weighted by Gasteiger charge is 2.24. The fourth-order valence-electron chi connectivity index (χ4n) is 9.01. The zero-order valence-corrected chi connectivity index (χ0v) is 48.9. The van der Waals surface area contributed by atoms with Gasteiger partial charge in [-0.05, 0) is 107 Å². The van der Waals surface area contributed by atoms with Gasteiger partial charge < -0.3 is 78.6 Å². The zero-order valence-electron chi connectivity index (χ0n) is 48.9. The number of carboxylic acids is 2. The Labute approximate surface area is 497 Å². The monoisotopic (exact) mass is 1190 g/mol. The number of nitrogen functional groups attached to an aromatic ring is 3. The van der Waals surface area contributed by atoms with E-state index in [0.717, 1.165) is 50.1 Å². The van der Waals surface area contributed by atoms with Crippen molar-refractivity contribution in [3.8, 4) is 0 Å². The number of amides is 4. The van der Waals surface area contributed by atoms with Crippen LogP contribution in [-0.4, -0.2) is 182 Å². The topological polar surface area (TPSA) is 426 Å². The number of carbonyl (C=O) groups is 6. The average molecular weight is 1190 g/mol. The van der Waals surface area contributed by atoms with Gasteiger partial charge >= 0.3 is 11.9 Å². The van der Waals surface area contributed by atoms with Crippen molar-refractivity contribution in [3.05, 3.63) is 89.3 Å². The van der Waals surface area contributed by atoms with Gasteiger partial charge in [0.25, 0.3) is 11.8 Å². The van der Waals surface area contributed by atoms with Crippen molar-refractivity contribution < 1.29 is 48.5 Å². The summed E-state index contributed by atoms with van der Waals surface area (Å²) in [6.45, 7) is 7.84. The molecule has 0 saturated carbocycles. The molecule has 4 amide bonds. The molecule has 0 saturated heterocycles. The highest BCUT2D eigenvalue weighted by Crippen LogP contribution is 2.21. The predicted molar refractivity (Wildman–Crippen MR) is 322 cm³/mol. The number of aromatic nitrogens is 8. The number of nitrogens with two attached hydrogens (primary N) is 4. The molecule has 14 N–H and O–H groups in total. The quantitative estimate of drug-likeness (QED) is 0.0248. The SMILES string of the molecule is Cc1nc(N)c2nc(CN(C)c3ccc(C(=O)N[C@@H](CCC(=O)NCCCCCN(CCCCCNC(=O)CC[C@H](NC(=O)c4ccc(N(C)Cc5cnc6nc(N)nc(N)c6n5)cc4)C(=O)O)CCOCCOCCN)C(=O)O)cc3)cnc2n1. The average Bonchev–Trinajstić information content (AvgIpc) is 3.36. The Morgan fingerprint density at radius 2 is 1.01 bits per heavy atom. The Hall–Kier alpha value is -9.06. The number of aryl methyl sites for hydroxylation is 1. The summed E-state index contributed by atoms with van der Waals surface area (Å²) in [6, 6.07) is 10.7. The Bertz CT molecular complexity index is 3010. The number of nitrogens with zero attached hydrogens (tertiary/aromatic N) is 11. The molecule has 29 nitrogen and oxygen atoms in total. The molecule has 0 radical (unpaired) electrons. The third-order valence-electron chi connectivity index (χ3n) is 13.7. The van der Waals surface area contributed by atoms with Crippen molar-refractivity contribution in [2.24, 2.45) is 5.73 Å². The van der Waals surface area contributed by atoms with Gasteiger partial charge in [0.1, 0.15) is 17.9 Å². The van der Waals surface area contributed by atoms with Crippen molar-refractivity contribution in [2.45, 2.75) is 96.3 Å². The Balaban J connectivity index is 0.839. The second kappa shape index (κ2) is 34.0. The van der Waals surface area contributed by atoms with Gasteiger partial charge in [-0.3, -0.25) is 19.2 Å². The van der Waals surface area contributed by atoms with E-state index >= 15 is 0 Å². The molecule has 462 valence electrons. The van der Waals surface area contributed by atoms with Crippen molar-refractivity contribution in [1.29, 1.82) is 0 Å². The standard InChI is InChI=1S/C57H79N19O10/c1-36-66-49(59)47-51(67-36)64-32-39(68-47)34-74(2)41-14-10-37(11-15-41)53(79)70-43(55(81)82)18-20-45(77)62-23-6-4-8-25-76(27-29-86-31-30-85-28-22-58)26-9-5-7-24-63-46(78)21-19-44(56(83)84)71-54(80)38-12-16-42(17-13-38)75(3)35-40-33-65-52-48(69-40)50(60)72-57(61)73-52/h10-17,32-33,43-44H,4-9,18-31,34-35,58H2,1-3H3,(H,62,77)(H,63,78)(H,70,79)(H,71,80)(H,81,82)(H,83,84)(H2,59,64,66,67)(H4,60,61,65,72,73)/t43-,44-/m0/s1. The van der Waals surface area contributed by atoms with Crippen LogP contribution in [0.1, 0.15) is 102 Å². The number of hydrogen-bond donors (Lipinski definition) is 10. The number of nitrogens with one attached hydrogen (secondary N) is 4. The molecule has 0 spiro atoms. The lowest BCUT2D eigenvalue weighted by Crippen LogP contribution is -2.41. The fraction of sp³-hybridized carbons (Fsp3) is 0.474. The molecule has 0 aliphatic carbocycles. The lowest BCUT2D eigenvalue weighted by Gasteiger charge is -2.22. The smallest absolute Gasteiger partial charge is 0.326 e. The first-order valence-electron chi connectivity index (χ1n) is 28.5. The molecule has 2 atom stereocenters. The van der Waals surface area contributed by atoms with Gasteiger partial charge in [-0.1, -0.05) is 12.8 Å². The van der Waals surface area contributed by atoms with Crippen molar-refractivity contribution in [1.82, 2.24) is 66.0 Å². The van der Waals surface area contributed by atoms with Gasteiger partial charge in [0.2, 0.25) is 17.8 Å². The Kier molecular flexibility index (Phi) is 26.2. The summed E-state index contributed by atoms with van der Waals surface area (Å²) in [6.07, 6.45) is 7.57. The van der Waals surface area contributed by atoms with Crippen molar-refractivity contribution >= 4 is 86.9 Å². The van der Waals surface area contributed by atoms with Crippen LogP contribution in [0.3, 0.4) is 0 Å². The maximum Gasteiger partial charge on any atom is 0.326 e. The highest BCUT2D eigenvalue weighted by atomic mass is 16.5. The number of carbonyl (C=O) groups excluding carboxylic acids is 4. The van der Waals surface area contributed by atoms with E-state index in [1.54, 1.807) is 67.8 Å². The van der Waals surface area contributed by atoms with Crippen LogP contribution in [0, 0.1) is 6.92 Å². The molecule has 86 heavy (non-hydrogen) atoms. The van der Waals surface area contributed by atoms with Crippen LogP contribution >= 0.6 is 0 Å². The lowest BCUT2D eigenvalue weighted by atomic mass is 10.1. The molecule has 2 aromatic carbocycles. The minimum Gasteiger partial charge on any atom is -0.480 e. The zero-order chi connectivity index (χ0) is 62.0. The van der Waals surface area contributed by atoms with Gasteiger partial charge in [0, 0.05) is 75.6 Å². The third-order valence-corrected chi connectivity index (χ3v) is 13.7. The second-order valence-electron chi connectivity index (χ2n) is 20.5. The highest BCUT2D eigenvalue weighted by molar-refractivity contribution is 5.98. The van der Waals surface area contributed by atoms with Crippen LogP contribution in [0.15, 0.2) is 60.9 Å². The first kappa shape index (κ1) is 66.1. The summed E-state index contributed by atoms with van der Waals surface area (Å²) in [5, 5.41) is 30.5. The fourth-order valence-corrected chi connectivity index (χ4v) is 9.01. The van der Waals surface area contributed by atoms with Gasteiger partial charge in [0.15, 0.2) is 34.0 Å². The largest absolute Gasteiger partial charge is 0.480 e. The molecular formula is C57H79N19O10. The van der Waals surface area contributed by atoms with Gasteiger partial charge in [-0.15, -0.1) is 0 Å². The molecule has 0 bridgehead atoms. The summed E-state index contributed by atoms with van der Waals surface area (Å²) in [4.78, 5) is 116. The Morgan fingerprint density at radius 3 is 1.48 bits per heavy atom. The molecule has 0 aliphatic heterocycles. The predicted octanol–water partition coefficient (Wildman–Crippen LogP) is 1.97. The molecule has 4 aromatic heterocycles. The number of unbranched alkanes of at least 4 members (excludes halogenated alkanes) is 4. The number of ether oxygens (including phenoxy) is 2. The van der Waals surface area contributed by atoms with Gasteiger partial charge in [0.05, 0.1) is 63.3 Å². The number of rotatable bonds is 38. The number of anilines is 5. The third kappa shape index (κ3) is 21.5. The number of fused-ring (bicyclic) bond motifs is 2. The van der Waals surface area contributed by atoms with E-state index in [-0.39, 0.29) is 71.9 Å². The normalized spacial score (nSPS) is 12.0. The van der Waals surface area contributed by atoms with E-state index in [0.29, 0.717) is 112 Å². The van der Waals surface area contributed by atoms with E-state index in [9.17, 15) is 39.0 Å². The van der Waals surface area contributed by atoms with Crippen molar-refractivity contribution in [2.75, 3.05) is 107 Å². The molecule has 4 heterocycles. The van der Waals surface area contributed by atoms with Crippen molar-refractivity contribution in [3.63, 3.8) is 0 Å². The number of hydrogen-bond acceptors (Lipinski definition) is 23.